The zero-order valence-electron chi connectivity index (χ0n) is 9.79. The second-order valence-corrected chi connectivity index (χ2v) is 4.75. The summed E-state index contributed by atoms with van der Waals surface area (Å²) in [7, 11) is 0. The molecular formula is C13H18FNO. The third-order valence-electron chi connectivity index (χ3n) is 3.75. The molecule has 1 heterocycles. The molecule has 16 heavy (non-hydrogen) atoms. The number of nitrogens with two attached hydrogens (primary N) is 1. The normalized spacial score (nSPS) is 20.2. The number of aryl methyl sites for hydroxylation is 1. The van der Waals surface area contributed by atoms with Gasteiger partial charge in [-0.05, 0) is 36.6 Å². The van der Waals surface area contributed by atoms with Gasteiger partial charge in [-0.15, -0.1) is 0 Å². The second-order valence-electron chi connectivity index (χ2n) is 4.75. The summed E-state index contributed by atoms with van der Waals surface area (Å²) < 4.78 is 18.6. The van der Waals surface area contributed by atoms with Crippen molar-refractivity contribution in [3.05, 3.63) is 35.1 Å². The van der Waals surface area contributed by atoms with E-state index in [0.29, 0.717) is 31.2 Å². The van der Waals surface area contributed by atoms with Crippen molar-refractivity contribution in [3.8, 4) is 0 Å². The van der Waals surface area contributed by atoms with E-state index in [1.807, 2.05) is 12.1 Å². The van der Waals surface area contributed by atoms with Gasteiger partial charge in [-0.3, -0.25) is 0 Å². The third kappa shape index (κ3) is 1.64. The van der Waals surface area contributed by atoms with E-state index in [1.165, 1.54) is 6.07 Å². The third-order valence-corrected chi connectivity index (χ3v) is 3.75. The summed E-state index contributed by atoms with van der Waals surface area (Å²) in [6.45, 7) is 5.92. The molecule has 1 aromatic rings. The van der Waals surface area contributed by atoms with E-state index in [0.717, 1.165) is 5.56 Å². The van der Waals surface area contributed by atoms with Gasteiger partial charge in [-0.1, -0.05) is 19.1 Å². The van der Waals surface area contributed by atoms with Crippen molar-refractivity contribution < 1.29 is 9.13 Å². The molecule has 1 unspecified atom stereocenters. The van der Waals surface area contributed by atoms with Crippen molar-refractivity contribution in [2.24, 2.45) is 11.7 Å². The minimum absolute atomic E-state index is 0.00674. The van der Waals surface area contributed by atoms with E-state index in [9.17, 15) is 4.39 Å². The smallest absolute Gasteiger partial charge is 0.126 e. The molecule has 88 valence electrons. The Labute approximate surface area is 95.6 Å². The van der Waals surface area contributed by atoms with Gasteiger partial charge in [0.15, 0.2) is 0 Å². The molecule has 0 amide bonds. The minimum atomic E-state index is -0.153. The molecule has 3 heteroatoms. The SMILES string of the molecule is Cc1cc(C2(C(C)CN)COC2)ccc1F. The zero-order valence-corrected chi connectivity index (χ0v) is 9.79. The van der Waals surface area contributed by atoms with E-state index in [4.69, 9.17) is 10.5 Å². The molecule has 2 nitrogen and oxygen atoms in total. The van der Waals surface area contributed by atoms with E-state index >= 15 is 0 Å². The molecule has 0 bridgehead atoms. The average Bonchev–Trinajstić information content (AvgIpc) is 2.21. The lowest BCUT2D eigenvalue weighted by Crippen LogP contribution is -2.53. The quantitative estimate of drug-likeness (QED) is 0.850. The summed E-state index contributed by atoms with van der Waals surface area (Å²) in [6.07, 6.45) is 0. The van der Waals surface area contributed by atoms with Gasteiger partial charge in [-0.25, -0.2) is 4.39 Å². The van der Waals surface area contributed by atoms with Crippen molar-refractivity contribution in [3.63, 3.8) is 0 Å². The van der Waals surface area contributed by atoms with Crippen molar-refractivity contribution >= 4 is 0 Å². The summed E-state index contributed by atoms with van der Waals surface area (Å²) in [5, 5.41) is 0. The number of halogens is 1. The van der Waals surface area contributed by atoms with Crippen molar-refractivity contribution in [2.45, 2.75) is 19.3 Å². The average molecular weight is 223 g/mol. The van der Waals surface area contributed by atoms with E-state index in [2.05, 4.69) is 6.92 Å². The number of benzene rings is 1. The van der Waals surface area contributed by atoms with Crippen molar-refractivity contribution in [1.29, 1.82) is 0 Å². The second kappa shape index (κ2) is 4.15. The van der Waals surface area contributed by atoms with Crippen LogP contribution in [0, 0.1) is 18.7 Å². The maximum atomic E-state index is 13.2. The monoisotopic (exact) mass is 223 g/mol. The highest BCUT2D eigenvalue weighted by Gasteiger charge is 2.44. The molecule has 0 aliphatic carbocycles. The summed E-state index contributed by atoms with van der Waals surface area (Å²) in [5.74, 6) is 0.200. The van der Waals surface area contributed by atoms with Crippen molar-refractivity contribution in [2.75, 3.05) is 19.8 Å². The predicted octanol–water partition coefficient (Wildman–Crippen LogP) is 2.00. The summed E-state index contributed by atoms with van der Waals surface area (Å²) >= 11 is 0. The Morgan fingerprint density at radius 2 is 2.19 bits per heavy atom. The van der Waals surface area contributed by atoms with Gasteiger partial charge >= 0.3 is 0 Å². The first-order chi connectivity index (χ1) is 7.60. The number of hydrogen-bond donors (Lipinski definition) is 1. The largest absolute Gasteiger partial charge is 0.379 e. The van der Waals surface area contributed by atoms with Gasteiger partial charge < -0.3 is 10.5 Å². The molecule has 0 saturated carbocycles. The Kier molecular flexibility index (Phi) is 3.00. The van der Waals surface area contributed by atoms with Crippen LogP contribution in [0.15, 0.2) is 18.2 Å². The van der Waals surface area contributed by atoms with E-state index < -0.39 is 0 Å². The fraction of sp³-hybridized carbons (Fsp3) is 0.538. The van der Waals surface area contributed by atoms with Gasteiger partial charge in [0.1, 0.15) is 5.82 Å². The van der Waals surface area contributed by atoms with Crippen LogP contribution in [0.3, 0.4) is 0 Å². The van der Waals surface area contributed by atoms with E-state index in [1.54, 1.807) is 6.92 Å². The molecule has 1 atom stereocenters. The van der Waals surface area contributed by atoms with Crippen molar-refractivity contribution in [1.82, 2.24) is 0 Å². The minimum Gasteiger partial charge on any atom is -0.379 e. The van der Waals surface area contributed by atoms with Crippen LogP contribution in [0.5, 0.6) is 0 Å². The molecule has 1 aliphatic heterocycles. The molecule has 2 N–H and O–H groups in total. The highest BCUT2D eigenvalue weighted by atomic mass is 19.1. The summed E-state index contributed by atoms with van der Waals surface area (Å²) in [6, 6.07) is 5.31. The Morgan fingerprint density at radius 1 is 1.50 bits per heavy atom. The molecule has 1 fully saturated rings. The first kappa shape index (κ1) is 11.6. The lowest BCUT2D eigenvalue weighted by molar-refractivity contribution is -0.0854. The Morgan fingerprint density at radius 3 is 2.62 bits per heavy atom. The maximum Gasteiger partial charge on any atom is 0.126 e. The van der Waals surface area contributed by atoms with Crippen LogP contribution in [-0.2, 0) is 10.2 Å². The lowest BCUT2D eigenvalue weighted by atomic mass is 9.69. The molecule has 1 aromatic carbocycles. The van der Waals surface area contributed by atoms with Gasteiger partial charge in [-0.2, -0.15) is 0 Å². The Balaban J connectivity index is 2.37. The topological polar surface area (TPSA) is 35.2 Å². The number of rotatable bonds is 3. The Hall–Kier alpha value is -0.930. The highest BCUT2D eigenvalue weighted by Crippen LogP contribution is 2.39. The fourth-order valence-electron chi connectivity index (χ4n) is 2.24. The molecule has 0 aromatic heterocycles. The fourth-order valence-corrected chi connectivity index (χ4v) is 2.24. The van der Waals surface area contributed by atoms with Gasteiger partial charge in [0, 0.05) is 5.41 Å². The predicted molar refractivity (Wildman–Crippen MR) is 61.9 cm³/mol. The van der Waals surface area contributed by atoms with Gasteiger partial charge in [0.25, 0.3) is 0 Å². The number of hydrogen-bond acceptors (Lipinski definition) is 2. The number of ether oxygens (including phenoxy) is 1. The van der Waals surface area contributed by atoms with Gasteiger partial charge in [0.2, 0.25) is 0 Å². The van der Waals surface area contributed by atoms with Crippen LogP contribution >= 0.6 is 0 Å². The van der Waals surface area contributed by atoms with Crippen LogP contribution in [0.25, 0.3) is 0 Å². The van der Waals surface area contributed by atoms with E-state index in [-0.39, 0.29) is 11.2 Å². The molecule has 1 aliphatic rings. The standard InChI is InChI=1S/C13H18FNO/c1-9-5-11(3-4-12(9)14)13(7-16-8-13)10(2)6-15/h3-5,10H,6-8,15H2,1-2H3. The highest BCUT2D eigenvalue weighted by molar-refractivity contribution is 5.33. The molecule has 1 saturated heterocycles. The molecular weight excluding hydrogens is 205 g/mol. The van der Waals surface area contributed by atoms with Crippen LogP contribution in [0.4, 0.5) is 4.39 Å². The first-order valence-electron chi connectivity index (χ1n) is 5.64. The van der Waals surface area contributed by atoms with Crippen LogP contribution < -0.4 is 5.73 Å². The van der Waals surface area contributed by atoms with Crippen LogP contribution in [0.1, 0.15) is 18.1 Å². The first-order valence-corrected chi connectivity index (χ1v) is 5.64. The van der Waals surface area contributed by atoms with Gasteiger partial charge in [0.05, 0.1) is 13.2 Å². The molecule has 2 rings (SSSR count). The Bertz CT molecular complexity index is 388. The molecule has 0 spiro atoms. The summed E-state index contributed by atoms with van der Waals surface area (Å²) in [5.41, 5.74) is 7.57. The summed E-state index contributed by atoms with van der Waals surface area (Å²) in [4.78, 5) is 0. The zero-order chi connectivity index (χ0) is 11.8. The maximum absolute atomic E-state index is 13.2. The lowest BCUT2D eigenvalue weighted by Gasteiger charge is -2.46. The van der Waals surface area contributed by atoms with Crippen LogP contribution in [0.2, 0.25) is 0 Å². The molecule has 0 radical (unpaired) electrons. The van der Waals surface area contributed by atoms with Crippen LogP contribution in [-0.4, -0.2) is 19.8 Å².